The highest BCUT2D eigenvalue weighted by atomic mass is 32.2. The Morgan fingerprint density at radius 3 is 2.62 bits per heavy atom. The maximum atomic E-state index is 13.3. The molecule has 1 aliphatic rings. The first kappa shape index (κ1) is 16.4. The highest BCUT2D eigenvalue weighted by Crippen LogP contribution is 2.31. The summed E-state index contributed by atoms with van der Waals surface area (Å²) in [5.74, 6) is -0.486. The monoisotopic (exact) mass is 348 g/mol. The van der Waals surface area contributed by atoms with Crippen LogP contribution in [0.25, 0.3) is 0 Å². The van der Waals surface area contributed by atoms with E-state index in [4.69, 9.17) is 0 Å². The normalized spacial score (nSPS) is 13.7. The molecule has 0 unspecified atom stereocenters. The van der Waals surface area contributed by atoms with Gasteiger partial charge in [-0.25, -0.2) is 12.8 Å². The second-order valence-corrected chi connectivity index (χ2v) is 7.46. The molecular weight excluding hydrogens is 331 g/mol. The van der Waals surface area contributed by atoms with Crippen molar-refractivity contribution >= 4 is 27.3 Å². The lowest BCUT2D eigenvalue weighted by Crippen LogP contribution is -2.25. The largest absolute Gasteiger partial charge is 0.312 e. The minimum Gasteiger partial charge on any atom is -0.312 e. The van der Waals surface area contributed by atoms with Gasteiger partial charge in [-0.1, -0.05) is 0 Å². The number of hydrogen-bond acceptors (Lipinski definition) is 3. The summed E-state index contributed by atoms with van der Waals surface area (Å²) in [6, 6.07) is 8.74. The Morgan fingerprint density at radius 2 is 1.96 bits per heavy atom. The number of nitrogens with zero attached hydrogens (tertiary/aromatic N) is 1. The molecule has 5 nitrogen and oxygen atoms in total. The van der Waals surface area contributed by atoms with Gasteiger partial charge in [-0.3, -0.25) is 9.52 Å². The van der Waals surface area contributed by atoms with Crippen LogP contribution in [0.15, 0.2) is 41.3 Å². The van der Waals surface area contributed by atoms with Crippen LogP contribution in [0.3, 0.4) is 0 Å². The van der Waals surface area contributed by atoms with Crippen LogP contribution in [0.5, 0.6) is 0 Å². The van der Waals surface area contributed by atoms with Gasteiger partial charge >= 0.3 is 0 Å². The second kappa shape index (κ2) is 5.90. The first-order valence-electron chi connectivity index (χ1n) is 7.48. The summed E-state index contributed by atoms with van der Waals surface area (Å²) in [5.41, 5.74) is 2.41. The third kappa shape index (κ3) is 2.99. The van der Waals surface area contributed by atoms with Crippen molar-refractivity contribution in [1.82, 2.24) is 0 Å². The molecular formula is C17H17FN2O3S. The van der Waals surface area contributed by atoms with Crippen molar-refractivity contribution in [1.29, 1.82) is 0 Å². The van der Waals surface area contributed by atoms with Crippen LogP contribution in [-0.4, -0.2) is 20.9 Å². The number of carbonyl (C=O) groups is 1. The zero-order chi connectivity index (χ0) is 17.5. The summed E-state index contributed by atoms with van der Waals surface area (Å²) in [6.07, 6.45) is 0.681. The van der Waals surface area contributed by atoms with Gasteiger partial charge in [0.15, 0.2) is 0 Å². The summed E-state index contributed by atoms with van der Waals surface area (Å²) in [6.45, 7) is 3.61. The molecule has 0 bridgehead atoms. The summed E-state index contributed by atoms with van der Waals surface area (Å²) in [7, 11) is -3.80. The highest BCUT2D eigenvalue weighted by molar-refractivity contribution is 7.92. The second-order valence-electron chi connectivity index (χ2n) is 5.78. The zero-order valence-electron chi connectivity index (χ0n) is 13.3. The lowest BCUT2D eigenvalue weighted by molar-refractivity contribution is -0.116. The van der Waals surface area contributed by atoms with Gasteiger partial charge in [0.1, 0.15) is 5.82 Å². The van der Waals surface area contributed by atoms with Crippen LogP contribution < -0.4 is 9.62 Å². The van der Waals surface area contributed by atoms with E-state index in [1.165, 1.54) is 26.0 Å². The van der Waals surface area contributed by atoms with E-state index >= 15 is 0 Å². The average molecular weight is 348 g/mol. The van der Waals surface area contributed by atoms with Gasteiger partial charge in [-0.15, -0.1) is 0 Å². The van der Waals surface area contributed by atoms with Gasteiger partial charge in [0.05, 0.1) is 4.90 Å². The fraction of sp³-hybridized carbons (Fsp3) is 0.235. The summed E-state index contributed by atoms with van der Waals surface area (Å²) in [4.78, 5) is 13.2. The topological polar surface area (TPSA) is 66.5 Å². The third-order valence-corrected chi connectivity index (χ3v) is 5.43. The lowest BCUT2D eigenvalue weighted by Gasteiger charge is -2.15. The molecule has 7 heteroatoms. The molecule has 1 amide bonds. The van der Waals surface area contributed by atoms with Gasteiger partial charge in [-0.2, -0.15) is 0 Å². The SMILES string of the molecule is CC(=O)N1CCc2cc(NS(=O)(=O)c3ccc(F)c(C)c3)ccc21. The van der Waals surface area contributed by atoms with Crippen molar-refractivity contribution in [2.45, 2.75) is 25.2 Å². The molecule has 0 radical (unpaired) electrons. The maximum absolute atomic E-state index is 13.3. The number of sulfonamides is 1. The number of nitrogens with one attached hydrogen (secondary N) is 1. The molecule has 24 heavy (non-hydrogen) atoms. The van der Waals surface area contributed by atoms with Crippen LogP contribution in [0.2, 0.25) is 0 Å². The van der Waals surface area contributed by atoms with Gasteiger partial charge in [-0.05, 0) is 60.9 Å². The van der Waals surface area contributed by atoms with E-state index in [9.17, 15) is 17.6 Å². The minimum atomic E-state index is -3.80. The number of anilines is 2. The summed E-state index contributed by atoms with van der Waals surface area (Å²) in [5, 5.41) is 0. The summed E-state index contributed by atoms with van der Waals surface area (Å²) < 4.78 is 40.7. The maximum Gasteiger partial charge on any atom is 0.261 e. The number of amides is 1. The van der Waals surface area contributed by atoms with Gasteiger partial charge in [0.2, 0.25) is 5.91 Å². The molecule has 0 spiro atoms. The predicted molar refractivity (Wildman–Crippen MR) is 90.1 cm³/mol. The molecule has 0 fully saturated rings. The Kier molecular flexibility index (Phi) is 4.04. The van der Waals surface area contributed by atoms with Crippen LogP contribution in [0.1, 0.15) is 18.1 Å². The smallest absolute Gasteiger partial charge is 0.261 e. The molecule has 2 aromatic rings. The van der Waals surface area contributed by atoms with Crippen LogP contribution >= 0.6 is 0 Å². The van der Waals surface area contributed by atoms with E-state index in [2.05, 4.69) is 4.72 Å². The van der Waals surface area contributed by atoms with Crippen LogP contribution in [0, 0.1) is 12.7 Å². The summed E-state index contributed by atoms with van der Waals surface area (Å²) >= 11 is 0. The number of halogens is 1. The Morgan fingerprint density at radius 1 is 1.21 bits per heavy atom. The van der Waals surface area contributed by atoms with Crippen molar-refractivity contribution in [3.05, 3.63) is 53.3 Å². The number of rotatable bonds is 3. The Bertz CT molecular complexity index is 925. The van der Waals surface area contributed by atoms with Crippen molar-refractivity contribution in [2.75, 3.05) is 16.2 Å². The molecule has 1 heterocycles. The van der Waals surface area contributed by atoms with E-state index < -0.39 is 15.8 Å². The molecule has 0 saturated heterocycles. The van der Waals surface area contributed by atoms with Crippen molar-refractivity contribution in [2.24, 2.45) is 0 Å². The Balaban J connectivity index is 1.88. The van der Waals surface area contributed by atoms with Crippen LogP contribution in [-0.2, 0) is 21.2 Å². The van der Waals surface area contributed by atoms with E-state index in [0.29, 0.717) is 18.7 Å². The van der Waals surface area contributed by atoms with Crippen molar-refractivity contribution < 1.29 is 17.6 Å². The van der Waals surface area contributed by atoms with E-state index in [-0.39, 0.29) is 16.4 Å². The molecule has 2 aromatic carbocycles. The number of aryl methyl sites for hydroxylation is 1. The third-order valence-electron chi connectivity index (χ3n) is 4.05. The number of benzene rings is 2. The molecule has 0 atom stereocenters. The number of carbonyl (C=O) groups excluding carboxylic acids is 1. The molecule has 126 valence electrons. The molecule has 0 saturated carbocycles. The predicted octanol–water partition coefficient (Wildman–Crippen LogP) is 2.84. The molecule has 0 aliphatic carbocycles. The van der Waals surface area contributed by atoms with E-state index in [1.54, 1.807) is 23.1 Å². The fourth-order valence-corrected chi connectivity index (χ4v) is 3.92. The first-order valence-corrected chi connectivity index (χ1v) is 8.96. The molecule has 0 aromatic heterocycles. The Labute approximate surface area is 140 Å². The average Bonchev–Trinajstić information content (AvgIpc) is 2.92. The van der Waals surface area contributed by atoms with E-state index in [1.807, 2.05) is 0 Å². The van der Waals surface area contributed by atoms with Crippen molar-refractivity contribution in [3.8, 4) is 0 Å². The first-order chi connectivity index (χ1) is 11.3. The van der Waals surface area contributed by atoms with Gasteiger partial charge in [0.25, 0.3) is 10.0 Å². The molecule has 3 rings (SSSR count). The van der Waals surface area contributed by atoms with Gasteiger partial charge in [0, 0.05) is 24.8 Å². The van der Waals surface area contributed by atoms with E-state index in [0.717, 1.165) is 17.3 Å². The molecule has 1 aliphatic heterocycles. The standard InChI is InChI=1S/C17H17FN2O3S/c1-11-9-15(4-5-16(11)18)24(22,23)19-14-3-6-17-13(10-14)7-8-20(17)12(2)21/h3-6,9-10,19H,7-8H2,1-2H3. The fourth-order valence-electron chi connectivity index (χ4n) is 2.79. The highest BCUT2D eigenvalue weighted by Gasteiger charge is 2.23. The minimum absolute atomic E-state index is 0.00672. The Hall–Kier alpha value is -2.41. The number of hydrogen-bond donors (Lipinski definition) is 1. The number of fused-ring (bicyclic) bond motifs is 1. The molecule has 1 N–H and O–H groups in total. The van der Waals surface area contributed by atoms with Crippen LogP contribution in [0.4, 0.5) is 15.8 Å². The van der Waals surface area contributed by atoms with Crippen molar-refractivity contribution in [3.63, 3.8) is 0 Å². The van der Waals surface area contributed by atoms with Gasteiger partial charge < -0.3 is 4.90 Å². The lowest BCUT2D eigenvalue weighted by atomic mass is 10.1. The quantitative estimate of drug-likeness (QED) is 0.927. The zero-order valence-corrected chi connectivity index (χ0v) is 14.2.